The van der Waals surface area contributed by atoms with E-state index in [9.17, 15) is 9.59 Å². The van der Waals surface area contributed by atoms with Gasteiger partial charge in [-0.05, 0) is 13.8 Å². The summed E-state index contributed by atoms with van der Waals surface area (Å²) >= 11 is 0. The minimum absolute atomic E-state index is 0.154. The van der Waals surface area contributed by atoms with Gasteiger partial charge in [0.2, 0.25) is 0 Å². The normalized spacial score (nSPS) is 10.6. The lowest BCUT2D eigenvalue weighted by atomic mass is 10.2. The Morgan fingerprint density at radius 3 is 2.81 bits per heavy atom. The molecule has 0 aliphatic heterocycles. The fourth-order valence-corrected chi connectivity index (χ4v) is 2.08. The van der Waals surface area contributed by atoms with Gasteiger partial charge >= 0.3 is 5.97 Å². The average Bonchev–Trinajstić information content (AvgIpc) is 2.79. The highest BCUT2D eigenvalue weighted by Gasteiger charge is 2.21. The molecule has 7 heteroatoms. The number of fused-ring (bicyclic) bond motifs is 1. The van der Waals surface area contributed by atoms with Crippen molar-refractivity contribution in [1.82, 2.24) is 19.5 Å². The Bertz CT molecular complexity index is 720. The van der Waals surface area contributed by atoms with E-state index in [0.717, 1.165) is 5.69 Å². The molecule has 110 valence electrons. The summed E-state index contributed by atoms with van der Waals surface area (Å²) in [7, 11) is 0. The first-order valence-corrected chi connectivity index (χ1v) is 6.38. The lowest BCUT2D eigenvalue weighted by molar-refractivity contribution is -0.137. The highest BCUT2D eigenvalue weighted by molar-refractivity contribution is 5.96. The molecule has 0 aliphatic carbocycles. The van der Waals surface area contributed by atoms with E-state index < -0.39 is 11.9 Å². The third-order valence-corrected chi connectivity index (χ3v) is 3.04. The minimum Gasteiger partial charge on any atom is -0.480 e. The molecule has 0 aromatic carbocycles. The Kier molecular flexibility index (Phi) is 4.02. The SMILES string of the molecule is C=CCN(CC(=O)O)C(=O)c1cnc2cc(C)nn2c1C. The number of rotatable bonds is 5. The van der Waals surface area contributed by atoms with E-state index >= 15 is 0 Å². The zero-order valence-electron chi connectivity index (χ0n) is 11.9. The number of carboxylic acid groups (broad SMARTS) is 1. The molecule has 1 amide bonds. The van der Waals surface area contributed by atoms with Crippen molar-refractivity contribution in [3.8, 4) is 0 Å². The first kappa shape index (κ1) is 14.7. The molecule has 0 atom stereocenters. The number of nitrogens with zero attached hydrogens (tertiary/aromatic N) is 4. The fourth-order valence-electron chi connectivity index (χ4n) is 2.08. The summed E-state index contributed by atoms with van der Waals surface area (Å²) in [6.07, 6.45) is 2.94. The van der Waals surface area contributed by atoms with Crippen LogP contribution in [0.15, 0.2) is 24.9 Å². The van der Waals surface area contributed by atoms with Crippen LogP contribution in [0.25, 0.3) is 5.65 Å². The van der Waals surface area contributed by atoms with Crippen LogP contribution in [0.5, 0.6) is 0 Å². The van der Waals surface area contributed by atoms with E-state index in [1.807, 2.05) is 6.92 Å². The maximum atomic E-state index is 12.5. The van der Waals surface area contributed by atoms with E-state index in [1.165, 1.54) is 17.2 Å². The summed E-state index contributed by atoms with van der Waals surface area (Å²) in [5.74, 6) is -1.48. The van der Waals surface area contributed by atoms with E-state index in [4.69, 9.17) is 5.11 Å². The van der Waals surface area contributed by atoms with Crippen LogP contribution >= 0.6 is 0 Å². The summed E-state index contributed by atoms with van der Waals surface area (Å²) < 4.78 is 1.58. The molecule has 0 saturated heterocycles. The smallest absolute Gasteiger partial charge is 0.323 e. The maximum absolute atomic E-state index is 12.5. The highest BCUT2D eigenvalue weighted by atomic mass is 16.4. The molecule has 0 spiro atoms. The Morgan fingerprint density at radius 2 is 2.19 bits per heavy atom. The first-order valence-electron chi connectivity index (χ1n) is 6.38. The molecular formula is C14H16N4O3. The van der Waals surface area contributed by atoms with Crippen molar-refractivity contribution >= 4 is 17.5 Å². The molecule has 0 bridgehead atoms. The second-order valence-electron chi connectivity index (χ2n) is 4.68. The molecule has 0 saturated carbocycles. The van der Waals surface area contributed by atoms with Crippen molar-refractivity contribution in [3.05, 3.63) is 41.9 Å². The molecule has 21 heavy (non-hydrogen) atoms. The second-order valence-corrected chi connectivity index (χ2v) is 4.68. The lowest BCUT2D eigenvalue weighted by Gasteiger charge is -2.19. The number of aromatic nitrogens is 3. The van der Waals surface area contributed by atoms with E-state index in [2.05, 4.69) is 16.7 Å². The van der Waals surface area contributed by atoms with Crippen LogP contribution in [0.3, 0.4) is 0 Å². The van der Waals surface area contributed by atoms with Crippen LogP contribution in [0.4, 0.5) is 0 Å². The maximum Gasteiger partial charge on any atom is 0.323 e. The van der Waals surface area contributed by atoms with Gasteiger partial charge in [-0.25, -0.2) is 9.50 Å². The standard InChI is InChI=1S/C14H16N4O3/c1-4-5-17(8-13(19)20)14(21)11-7-15-12-6-9(2)16-18(12)10(11)3/h4,6-7H,1,5,8H2,2-3H3,(H,19,20). The van der Waals surface area contributed by atoms with Gasteiger partial charge in [-0.1, -0.05) is 6.08 Å². The minimum atomic E-state index is -1.08. The van der Waals surface area contributed by atoms with Gasteiger partial charge in [0.1, 0.15) is 6.54 Å². The van der Waals surface area contributed by atoms with Crippen LogP contribution in [-0.4, -0.2) is 49.6 Å². The van der Waals surface area contributed by atoms with Gasteiger partial charge in [-0.15, -0.1) is 6.58 Å². The summed E-state index contributed by atoms with van der Waals surface area (Å²) in [4.78, 5) is 28.7. The van der Waals surface area contributed by atoms with Crippen molar-refractivity contribution in [2.24, 2.45) is 0 Å². The fraction of sp³-hybridized carbons (Fsp3) is 0.286. The highest BCUT2D eigenvalue weighted by Crippen LogP contribution is 2.13. The summed E-state index contributed by atoms with van der Waals surface area (Å²) in [6, 6.07) is 1.81. The van der Waals surface area contributed by atoms with Gasteiger partial charge in [0, 0.05) is 18.8 Å². The van der Waals surface area contributed by atoms with Gasteiger partial charge in [-0.2, -0.15) is 5.10 Å². The van der Waals surface area contributed by atoms with Gasteiger partial charge in [-0.3, -0.25) is 9.59 Å². The van der Waals surface area contributed by atoms with Crippen molar-refractivity contribution < 1.29 is 14.7 Å². The summed E-state index contributed by atoms with van der Waals surface area (Å²) in [6.45, 7) is 6.89. The predicted octanol–water partition coefficient (Wildman–Crippen LogP) is 1.06. The molecule has 2 aromatic rings. The van der Waals surface area contributed by atoms with Crippen LogP contribution in [0.2, 0.25) is 0 Å². The number of amides is 1. The average molecular weight is 288 g/mol. The largest absolute Gasteiger partial charge is 0.480 e. The molecular weight excluding hydrogens is 272 g/mol. The number of aliphatic carboxylic acids is 1. The van der Waals surface area contributed by atoms with Crippen LogP contribution < -0.4 is 0 Å². The molecule has 0 fully saturated rings. The summed E-state index contributed by atoms with van der Waals surface area (Å²) in [5, 5.41) is 13.2. The van der Waals surface area contributed by atoms with Crippen molar-refractivity contribution in [1.29, 1.82) is 0 Å². The number of carboxylic acids is 1. The van der Waals surface area contributed by atoms with E-state index in [-0.39, 0.29) is 13.1 Å². The van der Waals surface area contributed by atoms with Gasteiger partial charge in [0.15, 0.2) is 5.65 Å². The van der Waals surface area contributed by atoms with Crippen LogP contribution in [0, 0.1) is 13.8 Å². The van der Waals surface area contributed by atoms with Crippen LogP contribution in [-0.2, 0) is 4.79 Å². The zero-order valence-corrected chi connectivity index (χ0v) is 11.9. The topological polar surface area (TPSA) is 87.8 Å². The van der Waals surface area contributed by atoms with Crippen molar-refractivity contribution in [3.63, 3.8) is 0 Å². The monoisotopic (exact) mass is 288 g/mol. The van der Waals surface area contributed by atoms with E-state index in [1.54, 1.807) is 17.5 Å². The molecule has 7 nitrogen and oxygen atoms in total. The lowest BCUT2D eigenvalue weighted by Crippen LogP contribution is -2.36. The van der Waals surface area contributed by atoms with E-state index in [0.29, 0.717) is 16.9 Å². The molecule has 2 rings (SSSR count). The Balaban J connectivity index is 2.43. The molecule has 0 aliphatic rings. The molecule has 2 aromatic heterocycles. The first-order chi connectivity index (χ1) is 9.93. The second kappa shape index (κ2) is 5.74. The van der Waals surface area contributed by atoms with Crippen molar-refractivity contribution in [2.75, 3.05) is 13.1 Å². The summed E-state index contributed by atoms with van der Waals surface area (Å²) in [5.41, 5.74) is 2.39. The molecule has 1 N–H and O–H groups in total. The number of carbonyl (C=O) groups is 2. The van der Waals surface area contributed by atoms with Gasteiger partial charge in [0.05, 0.1) is 17.0 Å². The quantitative estimate of drug-likeness (QED) is 0.831. The molecule has 2 heterocycles. The van der Waals surface area contributed by atoms with Gasteiger partial charge in [0.25, 0.3) is 5.91 Å². The van der Waals surface area contributed by atoms with Crippen LogP contribution in [0.1, 0.15) is 21.7 Å². The Labute approximate surface area is 121 Å². The Hall–Kier alpha value is -2.70. The number of hydrogen-bond donors (Lipinski definition) is 1. The third kappa shape index (κ3) is 2.91. The number of hydrogen-bond acceptors (Lipinski definition) is 4. The van der Waals surface area contributed by atoms with Crippen molar-refractivity contribution in [2.45, 2.75) is 13.8 Å². The Morgan fingerprint density at radius 1 is 1.48 bits per heavy atom. The number of carbonyl (C=O) groups excluding carboxylic acids is 1. The van der Waals surface area contributed by atoms with Gasteiger partial charge < -0.3 is 10.0 Å². The number of aryl methyl sites for hydroxylation is 2. The molecule has 0 radical (unpaired) electrons. The third-order valence-electron chi connectivity index (χ3n) is 3.04. The predicted molar refractivity (Wildman–Crippen MR) is 76.2 cm³/mol. The molecule has 0 unspecified atom stereocenters. The zero-order chi connectivity index (χ0) is 15.6.